The van der Waals surface area contributed by atoms with Crippen molar-refractivity contribution in [2.75, 3.05) is 0 Å². The molecule has 2 atom stereocenters. The van der Waals surface area contributed by atoms with E-state index in [4.69, 9.17) is 10.0 Å². The molecular formula is C32H38BBrO2. The second-order valence-electron chi connectivity index (χ2n) is 8.97. The van der Waals surface area contributed by atoms with Gasteiger partial charge in [-0.25, -0.2) is 0 Å². The normalized spacial score (nSPS) is 11.8. The van der Waals surface area contributed by atoms with Crippen molar-refractivity contribution in [2.45, 2.75) is 52.3 Å². The zero-order valence-electron chi connectivity index (χ0n) is 21.8. The van der Waals surface area contributed by atoms with Crippen LogP contribution in [0.1, 0.15) is 52.0 Å². The van der Waals surface area contributed by atoms with Crippen LogP contribution >= 0.6 is 15.9 Å². The van der Waals surface area contributed by atoms with E-state index in [0.717, 1.165) is 10.9 Å². The quantitative estimate of drug-likeness (QED) is 0.237. The van der Waals surface area contributed by atoms with E-state index in [0.29, 0.717) is 5.92 Å². The Hall–Kier alpha value is -2.66. The van der Waals surface area contributed by atoms with E-state index in [1.54, 1.807) is 6.92 Å². The first-order valence-electron chi connectivity index (χ1n) is 12.7. The molecule has 36 heavy (non-hydrogen) atoms. The molecule has 4 aromatic rings. The van der Waals surface area contributed by atoms with Crippen molar-refractivity contribution in [3.63, 3.8) is 0 Å². The standard InChI is InChI=1S/C16H18.C12H9Br.C4H11BO2/c1-3-13(2)14-9-11-16(12-10-14)15-7-5-4-6-8-15;13-12-8-6-11(7-9-12)10-4-2-1-3-5-10;1-3-4(2)5(6)7/h4-13H,3H2,1-2H3;1-9H;4,6-7H,3H2,1-2H3/t13-;;4-/m0.0/s1. The molecule has 0 spiro atoms. The molecular weight excluding hydrogens is 507 g/mol. The van der Waals surface area contributed by atoms with Crippen LogP contribution in [0.25, 0.3) is 22.3 Å². The molecule has 0 aliphatic heterocycles. The highest BCUT2D eigenvalue weighted by Crippen LogP contribution is 2.24. The summed E-state index contributed by atoms with van der Waals surface area (Å²) in [4.78, 5) is 0. The van der Waals surface area contributed by atoms with Crippen molar-refractivity contribution in [2.24, 2.45) is 0 Å². The highest BCUT2D eigenvalue weighted by Gasteiger charge is 2.14. The molecule has 188 valence electrons. The summed E-state index contributed by atoms with van der Waals surface area (Å²) >= 11 is 3.42. The first kappa shape index (κ1) is 29.6. The fourth-order valence-electron chi connectivity index (χ4n) is 3.35. The molecule has 0 saturated heterocycles. The van der Waals surface area contributed by atoms with Gasteiger partial charge in [0.05, 0.1) is 0 Å². The molecule has 0 heterocycles. The summed E-state index contributed by atoms with van der Waals surface area (Å²) in [5, 5.41) is 16.8. The van der Waals surface area contributed by atoms with E-state index in [1.165, 1.54) is 34.2 Å². The molecule has 2 N–H and O–H groups in total. The van der Waals surface area contributed by atoms with Gasteiger partial charge in [0.25, 0.3) is 0 Å². The third kappa shape index (κ3) is 10.1. The van der Waals surface area contributed by atoms with Crippen LogP contribution < -0.4 is 0 Å². The maximum absolute atomic E-state index is 8.38. The van der Waals surface area contributed by atoms with Crippen molar-refractivity contribution in [3.05, 3.63) is 119 Å². The zero-order valence-corrected chi connectivity index (χ0v) is 23.4. The van der Waals surface area contributed by atoms with E-state index in [-0.39, 0.29) is 5.82 Å². The number of hydrogen-bond acceptors (Lipinski definition) is 2. The molecule has 4 heteroatoms. The molecule has 0 aliphatic rings. The number of hydrogen-bond donors (Lipinski definition) is 2. The molecule has 0 fully saturated rings. The van der Waals surface area contributed by atoms with Crippen molar-refractivity contribution in [1.82, 2.24) is 0 Å². The second kappa shape index (κ2) is 16.2. The Kier molecular flexibility index (Phi) is 13.3. The first-order chi connectivity index (χ1) is 17.3. The maximum atomic E-state index is 8.38. The monoisotopic (exact) mass is 544 g/mol. The molecule has 4 aromatic carbocycles. The van der Waals surface area contributed by atoms with Gasteiger partial charge in [0.2, 0.25) is 0 Å². The molecule has 0 aliphatic carbocycles. The van der Waals surface area contributed by atoms with Crippen molar-refractivity contribution >= 4 is 23.0 Å². The minimum Gasteiger partial charge on any atom is -0.427 e. The van der Waals surface area contributed by atoms with E-state index in [9.17, 15) is 0 Å². The van der Waals surface area contributed by atoms with Crippen molar-refractivity contribution in [3.8, 4) is 22.3 Å². The van der Waals surface area contributed by atoms with Crippen LogP contribution in [0.4, 0.5) is 0 Å². The summed E-state index contributed by atoms with van der Waals surface area (Å²) in [5.74, 6) is 0.671. The molecule has 0 bridgehead atoms. The SMILES string of the molecule is Brc1ccc(-c2ccccc2)cc1.CC[C@H](C)B(O)O.CC[C@H](C)c1ccc(-c2ccccc2)cc1. The van der Waals surface area contributed by atoms with Gasteiger partial charge in [-0.05, 0) is 58.1 Å². The minimum atomic E-state index is -1.13. The van der Waals surface area contributed by atoms with Gasteiger partial charge < -0.3 is 10.0 Å². The molecule has 0 aromatic heterocycles. The Labute approximate surface area is 226 Å². The Morgan fingerprint density at radius 2 is 0.972 bits per heavy atom. The first-order valence-corrected chi connectivity index (χ1v) is 13.5. The van der Waals surface area contributed by atoms with Gasteiger partial charge in [0.15, 0.2) is 0 Å². The Morgan fingerprint density at radius 1 is 0.583 bits per heavy atom. The van der Waals surface area contributed by atoms with Crippen LogP contribution in [0.5, 0.6) is 0 Å². The highest BCUT2D eigenvalue weighted by molar-refractivity contribution is 9.10. The van der Waals surface area contributed by atoms with Crippen LogP contribution in [-0.2, 0) is 0 Å². The lowest BCUT2D eigenvalue weighted by molar-refractivity contribution is 0.386. The molecule has 0 unspecified atom stereocenters. The molecule has 2 nitrogen and oxygen atoms in total. The predicted octanol–water partition coefficient (Wildman–Crippen LogP) is 9.24. The summed E-state index contributed by atoms with van der Waals surface area (Å²) in [7, 11) is -1.13. The number of halogens is 1. The van der Waals surface area contributed by atoms with E-state index < -0.39 is 7.12 Å². The fourth-order valence-corrected chi connectivity index (χ4v) is 3.62. The third-order valence-corrected chi connectivity index (χ3v) is 6.83. The van der Waals surface area contributed by atoms with Crippen molar-refractivity contribution < 1.29 is 10.0 Å². The summed E-state index contributed by atoms with van der Waals surface area (Å²) in [6.45, 7) is 8.22. The maximum Gasteiger partial charge on any atom is 0.454 e. The van der Waals surface area contributed by atoms with Gasteiger partial charge in [-0.2, -0.15) is 0 Å². The minimum absolute atomic E-state index is 0.0139. The number of benzene rings is 4. The summed E-state index contributed by atoms with van der Waals surface area (Å²) in [5.41, 5.74) is 6.53. The summed E-state index contributed by atoms with van der Waals surface area (Å²) in [6, 6.07) is 38.1. The average Bonchev–Trinajstić information content (AvgIpc) is 2.94. The van der Waals surface area contributed by atoms with Gasteiger partial charge in [-0.3, -0.25) is 0 Å². The van der Waals surface area contributed by atoms with Gasteiger partial charge in [-0.1, -0.05) is 147 Å². The van der Waals surface area contributed by atoms with Crippen molar-refractivity contribution in [1.29, 1.82) is 0 Å². The largest absolute Gasteiger partial charge is 0.454 e. The topological polar surface area (TPSA) is 40.5 Å². The Bertz CT molecular complexity index is 1100. The van der Waals surface area contributed by atoms with Gasteiger partial charge >= 0.3 is 7.12 Å². The van der Waals surface area contributed by atoms with Crippen LogP contribution in [0.3, 0.4) is 0 Å². The van der Waals surface area contributed by atoms with E-state index >= 15 is 0 Å². The predicted molar refractivity (Wildman–Crippen MR) is 160 cm³/mol. The zero-order chi connectivity index (χ0) is 26.3. The lowest BCUT2D eigenvalue weighted by Gasteiger charge is -2.09. The lowest BCUT2D eigenvalue weighted by Crippen LogP contribution is -2.16. The van der Waals surface area contributed by atoms with E-state index in [1.807, 2.05) is 13.0 Å². The van der Waals surface area contributed by atoms with Crippen LogP contribution in [-0.4, -0.2) is 17.2 Å². The smallest absolute Gasteiger partial charge is 0.427 e. The summed E-state index contributed by atoms with van der Waals surface area (Å²) in [6.07, 6.45) is 2.02. The second-order valence-corrected chi connectivity index (χ2v) is 9.89. The van der Waals surface area contributed by atoms with Gasteiger partial charge in [-0.15, -0.1) is 0 Å². The van der Waals surface area contributed by atoms with Gasteiger partial charge in [0.1, 0.15) is 0 Å². The highest BCUT2D eigenvalue weighted by atomic mass is 79.9. The summed E-state index contributed by atoms with van der Waals surface area (Å²) < 4.78 is 1.12. The molecule has 0 radical (unpaired) electrons. The average molecular weight is 545 g/mol. The molecule has 0 saturated carbocycles. The lowest BCUT2D eigenvalue weighted by atomic mass is 9.73. The Morgan fingerprint density at radius 3 is 1.31 bits per heavy atom. The van der Waals surface area contributed by atoms with Crippen LogP contribution in [0.2, 0.25) is 5.82 Å². The fraction of sp³-hybridized carbons (Fsp3) is 0.250. The number of rotatable bonds is 6. The molecule has 4 rings (SSSR count). The molecule has 0 amide bonds. The van der Waals surface area contributed by atoms with Crippen LogP contribution in [0.15, 0.2) is 114 Å². The van der Waals surface area contributed by atoms with E-state index in [2.05, 4.69) is 133 Å². The third-order valence-electron chi connectivity index (χ3n) is 6.30. The van der Waals surface area contributed by atoms with Gasteiger partial charge in [0, 0.05) is 4.47 Å². The van der Waals surface area contributed by atoms with Crippen LogP contribution in [0, 0.1) is 0 Å². The Balaban J connectivity index is 0.000000205.